The molecule has 1 heterocycles. The molecule has 0 amide bonds. The van der Waals surface area contributed by atoms with Gasteiger partial charge in [-0.25, -0.2) is 0 Å². The van der Waals surface area contributed by atoms with Crippen molar-refractivity contribution in [1.29, 1.82) is 0 Å². The second-order valence-electron chi connectivity index (χ2n) is 6.87. The van der Waals surface area contributed by atoms with Crippen molar-refractivity contribution < 1.29 is 9.90 Å². The lowest BCUT2D eigenvalue weighted by molar-refractivity contribution is 0.0808. The van der Waals surface area contributed by atoms with E-state index in [1.807, 2.05) is 30.3 Å². The Morgan fingerprint density at radius 2 is 1.88 bits per heavy atom. The number of β-amino-alcohol motifs (C(OH)–C–C–N with tert-alkyl or cyclic N) is 1. The fourth-order valence-corrected chi connectivity index (χ4v) is 3.76. The Morgan fingerprint density at radius 3 is 2.60 bits per heavy atom. The van der Waals surface area contributed by atoms with Crippen LogP contribution in [0.5, 0.6) is 0 Å². The Balaban J connectivity index is 1.95. The zero-order chi connectivity index (χ0) is 17.8. The zero-order valence-corrected chi connectivity index (χ0v) is 15.0. The van der Waals surface area contributed by atoms with Crippen LogP contribution in [0.1, 0.15) is 33.0 Å². The standard InChI is InChI=1S/C22H26NO2/c1-16-7-6-10-19(17(16)2)20-11-12-23(13-14-24)15-21(20)22(25)18-8-4-3-5-9-18/h3-11,20-21,24H,12-15H2,1-2H3/t20-,21-/m1/s1. The van der Waals surface area contributed by atoms with E-state index in [9.17, 15) is 9.90 Å². The lowest BCUT2D eigenvalue weighted by Crippen LogP contribution is -2.44. The first-order valence-corrected chi connectivity index (χ1v) is 8.93. The molecule has 3 rings (SSSR count). The number of carbonyl (C=O) groups is 1. The number of Topliss-reactive ketones (excluding diaryl/α,β-unsaturated/α-hetero) is 1. The Kier molecular flexibility index (Phi) is 5.67. The SMILES string of the molecule is Cc1cccc([C@H]2[CH]CN(CCO)C[C@H]2C(=O)c2ccccc2)c1C. The van der Waals surface area contributed by atoms with Crippen molar-refractivity contribution in [1.82, 2.24) is 4.90 Å². The molecule has 0 aliphatic carbocycles. The van der Waals surface area contributed by atoms with Crippen LogP contribution in [0, 0.1) is 26.2 Å². The largest absolute Gasteiger partial charge is 0.395 e. The minimum absolute atomic E-state index is 0.113. The molecule has 1 fully saturated rings. The normalized spacial score (nSPS) is 21.2. The summed E-state index contributed by atoms with van der Waals surface area (Å²) in [6, 6.07) is 15.9. The number of benzene rings is 2. The summed E-state index contributed by atoms with van der Waals surface area (Å²) in [6.07, 6.45) is 2.24. The van der Waals surface area contributed by atoms with Gasteiger partial charge in [-0.05, 0) is 42.9 Å². The van der Waals surface area contributed by atoms with Gasteiger partial charge in [-0.2, -0.15) is 0 Å². The number of aliphatic hydroxyl groups is 1. The Labute approximate surface area is 150 Å². The van der Waals surface area contributed by atoms with Gasteiger partial charge in [-0.3, -0.25) is 9.69 Å². The Bertz CT molecular complexity index is 726. The molecular weight excluding hydrogens is 310 g/mol. The minimum Gasteiger partial charge on any atom is -0.395 e. The van der Waals surface area contributed by atoms with E-state index < -0.39 is 0 Å². The van der Waals surface area contributed by atoms with Crippen molar-refractivity contribution in [2.45, 2.75) is 19.8 Å². The molecule has 2 atom stereocenters. The monoisotopic (exact) mass is 336 g/mol. The van der Waals surface area contributed by atoms with E-state index >= 15 is 0 Å². The first kappa shape index (κ1) is 17.8. The van der Waals surface area contributed by atoms with E-state index in [0.717, 1.165) is 12.1 Å². The second kappa shape index (κ2) is 7.94. The molecule has 1 saturated heterocycles. The summed E-state index contributed by atoms with van der Waals surface area (Å²) in [5, 5.41) is 9.28. The first-order chi connectivity index (χ1) is 12.1. The van der Waals surface area contributed by atoms with E-state index in [-0.39, 0.29) is 24.2 Å². The summed E-state index contributed by atoms with van der Waals surface area (Å²) in [5.41, 5.74) is 4.54. The van der Waals surface area contributed by atoms with Gasteiger partial charge in [-0.15, -0.1) is 0 Å². The van der Waals surface area contributed by atoms with Crippen LogP contribution in [0.4, 0.5) is 0 Å². The van der Waals surface area contributed by atoms with Crippen molar-refractivity contribution in [3.05, 3.63) is 77.2 Å². The van der Waals surface area contributed by atoms with Gasteiger partial charge in [0.1, 0.15) is 0 Å². The molecule has 2 aromatic carbocycles. The molecule has 1 aliphatic rings. The maximum absolute atomic E-state index is 13.2. The molecule has 25 heavy (non-hydrogen) atoms. The van der Waals surface area contributed by atoms with Crippen molar-refractivity contribution in [2.24, 2.45) is 5.92 Å². The smallest absolute Gasteiger partial charge is 0.167 e. The summed E-state index contributed by atoms with van der Waals surface area (Å²) in [5.74, 6) is 0.177. The minimum atomic E-state index is -0.122. The topological polar surface area (TPSA) is 40.5 Å². The van der Waals surface area contributed by atoms with E-state index in [1.54, 1.807) is 0 Å². The summed E-state index contributed by atoms with van der Waals surface area (Å²) in [6.45, 7) is 6.47. The molecule has 0 aromatic heterocycles. The molecule has 0 spiro atoms. The number of rotatable bonds is 5. The van der Waals surface area contributed by atoms with E-state index in [2.05, 4.69) is 43.4 Å². The van der Waals surface area contributed by atoms with Gasteiger partial charge in [0.05, 0.1) is 6.61 Å². The van der Waals surface area contributed by atoms with Crippen LogP contribution >= 0.6 is 0 Å². The van der Waals surface area contributed by atoms with Crippen molar-refractivity contribution in [3.8, 4) is 0 Å². The predicted octanol–water partition coefficient (Wildman–Crippen LogP) is 3.40. The van der Waals surface area contributed by atoms with Crippen LogP contribution in [0.25, 0.3) is 0 Å². The maximum Gasteiger partial charge on any atom is 0.167 e. The van der Waals surface area contributed by atoms with Crippen molar-refractivity contribution in [3.63, 3.8) is 0 Å². The van der Waals surface area contributed by atoms with E-state index in [0.29, 0.717) is 13.1 Å². The zero-order valence-electron chi connectivity index (χ0n) is 15.0. The molecular formula is C22H26NO2. The summed E-state index contributed by atoms with van der Waals surface area (Å²) >= 11 is 0. The predicted molar refractivity (Wildman–Crippen MR) is 101 cm³/mol. The Morgan fingerprint density at radius 1 is 1.12 bits per heavy atom. The third kappa shape index (κ3) is 3.83. The number of likely N-dealkylation sites (tertiary alicyclic amines) is 1. The average molecular weight is 336 g/mol. The Hall–Kier alpha value is -1.97. The highest BCUT2D eigenvalue weighted by Gasteiger charge is 2.36. The van der Waals surface area contributed by atoms with Crippen LogP contribution in [-0.4, -0.2) is 42.0 Å². The van der Waals surface area contributed by atoms with Gasteiger partial charge in [0.15, 0.2) is 5.78 Å². The summed E-state index contributed by atoms with van der Waals surface area (Å²) in [7, 11) is 0. The third-order valence-corrected chi connectivity index (χ3v) is 5.32. The van der Waals surface area contributed by atoms with Gasteiger partial charge < -0.3 is 5.11 Å². The van der Waals surface area contributed by atoms with Crippen molar-refractivity contribution in [2.75, 3.05) is 26.2 Å². The maximum atomic E-state index is 13.2. The number of aliphatic hydroxyl groups excluding tert-OH is 1. The number of piperidine rings is 1. The molecule has 0 saturated carbocycles. The van der Waals surface area contributed by atoms with Crippen LogP contribution in [0.15, 0.2) is 48.5 Å². The molecule has 0 bridgehead atoms. The highest BCUT2D eigenvalue weighted by atomic mass is 16.3. The molecule has 3 heteroatoms. The lowest BCUT2D eigenvalue weighted by Gasteiger charge is -2.38. The number of aryl methyl sites for hydroxylation is 1. The number of hydrogen-bond donors (Lipinski definition) is 1. The highest BCUT2D eigenvalue weighted by molar-refractivity contribution is 5.98. The molecule has 1 N–H and O–H groups in total. The van der Waals surface area contributed by atoms with Gasteiger partial charge in [0, 0.05) is 31.1 Å². The molecule has 0 unspecified atom stereocenters. The van der Waals surface area contributed by atoms with Crippen LogP contribution in [0.2, 0.25) is 0 Å². The molecule has 131 valence electrons. The van der Waals surface area contributed by atoms with Crippen LogP contribution in [-0.2, 0) is 0 Å². The molecule has 1 radical (unpaired) electrons. The van der Waals surface area contributed by atoms with Crippen molar-refractivity contribution >= 4 is 5.78 Å². The summed E-state index contributed by atoms with van der Waals surface area (Å²) < 4.78 is 0. The fraction of sp³-hybridized carbons (Fsp3) is 0.364. The quantitative estimate of drug-likeness (QED) is 0.851. The van der Waals surface area contributed by atoms with E-state index in [1.165, 1.54) is 16.7 Å². The van der Waals surface area contributed by atoms with Crippen LogP contribution < -0.4 is 0 Å². The number of carbonyl (C=O) groups excluding carboxylic acids is 1. The second-order valence-corrected chi connectivity index (χ2v) is 6.87. The third-order valence-electron chi connectivity index (χ3n) is 5.32. The van der Waals surface area contributed by atoms with E-state index in [4.69, 9.17) is 0 Å². The van der Waals surface area contributed by atoms with Gasteiger partial charge in [-0.1, -0.05) is 48.5 Å². The number of nitrogens with zero attached hydrogens (tertiary/aromatic N) is 1. The average Bonchev–Trinajstić information content (AvgIpc) is 2.64. The molecule has 3 nitrogen and oxygen atoms in total. The lowest BCUT2D eigenvalue weighted by atomic mass is 9.75. The molecule has 1 aliphatic heterocycles. The number of ketones is 1. The number of hydrogen-bond acceptors (Lipinski definition) is 3. The van der Waals surface area contributed by atoms with Crippen LogP contribution in [0.3, 0.4) is 0 Å². The van der Waals surface area contributed by atoms with Gasteiger partial charge in [0.25, 0.3) is 0 Å². The fourth-order valence-electron chi connectivity index (χ4n) is 3.76. The molecule has 2 aromatic rings. The first-order valence-electron chi connectivity index (χ1n) is 8.93. The van der Waals surface area contributed by atoms with Gasteiger partial charge >= 0.3 is 0 Å². The summed E-state index contributed by atoms with van der Waals surface area (Å²) in [4.78, 5) is 15.4. The highest BCUT2D eigenvalue weighted by Crippen LogP contribution is 2.36. The van der Waals surface area contributed by atoms with Gasteiger partial charge in [0.2, 0.25) is 0 Å².